The largest absolute Gasteiger partial charge is 0.508 e. The minimum Gasteiger partial charge on any atom is -0.508 e. The highest BCUT2D eigenvalue weighted by Crippen LogP contribution is 2.23. The van der Waals surface area contributed by atoms with Crippen molar-refractivity contribution in [3.05, 3.63) is 30.0 Å². The molecule has 0 spiro atoms. The standard InChI is InChI=1S/C12H12O4/c1-2-15-12(14)7-10-6-8-5-9(13)3-4-11(8)16-10/h3-6,13H,2,7H2,1H3. The summed E-state index contributed by atoms with van der Waals surface area (Å²) in [6.07, 6.45) is 0.114. The molecular weight excluding hydrogens is 208 g/mol. The van der Waals surface area contributed by atoms with Crippen molar-refractivity contribution in [2.24, 2.45) is 0 Å². The summed E-state index contributed by atoms with van der Waals surface area (Å²) in [6, 6.07) is 6.53. The topological polar surface area (TPSA) is 59.7 Å². The normalized spacial score (nSPS) is 10.6. The summed E-state index contributed by atoms with van der Waals surface area (Å²) in [4.78, 5) is 11.2. The van der Waals surface area contributed by atoms with Crippen LogP contribution in [0.3, 0.4) is 0 Å². The van der Waals surface area contributed by atoms with Crippen molar-refractivity contribution in [2.45, 2.75) is 13.3 Å². The first kappa shape index (κ1) is 10.5. The zero-order valence-corrected chi connectivity index (χ0v) is 8.90. The monoisotopic (exact) mass is 220 g/mol. The maximum absolute atomic E-state index is 11.2. The Bertz CT molecular complexity index is 513. The second-order valence-corrected chi connectivity index (χ2v) is 3.42. The predicted molar refractivity (Wildman–Crippen MR) is 58.2 cm³/mol. The third kappa shape index (κ3) is 2.16. The van der Waals surface area contributed by atoms with Crippen LogP contribution in [-0.4, -0.2) is 17.7 Å². The van der Waals surface area contributed by atoms with E-state index in [1.54, 1.807) is 31.2 Å². The minimum absolute atomic E-state index is 0.114. The second-order valence-electron chi connectivity index (χ2n) is 3.42. The predicted octanol–water partition coefficient (Wildman–Crippen LogP) is 2.24. The van der Waals surface area contributed by atoms with E-state index in [1.165, 1.54) is 0 Å². The lowest BCUT2D eigenvalue weighted by molar-refractivity contribution is -0.142. The molecule has 0 unspecified atom stereocenters. The van der Waals surface area contributed by atoms with E-state index < -0.39 is 0 Å². The number of phenols is 1. The second kappa shape index (κ2) is 4.26. The van der Waals surface area contributed by atoms with Crippen molar-refractivity contribution in [1.82, 2.24) is 0 Å². The molecule has 16 heavy (non-hydrogen) atoms. The number of ether oxygens (including phenoxy) is 1. The molecule has 1 aromatic carbocycles. The van der Waals surface area contributed by atoms with Gasteiger partial charge < -0.3 is 14.3 Å². The van der Waals surface area contributed by atoms with Gasteiger partial charge in [0.15, 0.2) is 0 Å². The Balaban J connectivity index is 2.23. The Morgan fingerprint density at radius 1 is 1.44 bits per heavy atom. The first-order valence-electron chi connectivity index (χ1n) is 5.06. The first-order chi connectivity index (χ1) is 7.69. The maximum Gasteiger partial charge on any atom is 0.313 e. The van der Waals surface area contributed by atoms with Gasteiger partial charge in [-0.25, -0.2) is 0 Å². The van der Waals surface area contributed by atoms with Crippen LogP contribution < -0.4 is 0 Å². The number of aromatic hydroxyl groups is 1. The highest BCUT2D eigenvalue weighted by molar-refractivity contribution is 5.81. The van der Waals surface area contributed by atoms with Crippen molar-refractivity contribution in [3.63, 3.8) is 0 Å². The SMILES string of the molecule is CCOC(=O)Cc1cc2cc(O)ccc2o1. The molecule has 1 N–H and O–H groups in total. The third-order valence-electron chi connectivity index (χ3n) is 2.17. The molecule has 0 aliphatic carbocycles. The molecule has 0 radical (unpaired) electrons. The summed E-state index contributed by atoms with van der Waals surface area (Å²) in [6.45, 7) is 2.12. The molecular formula is C12H12O4. The number of carbonyl (C=O) groups excluding carboxylic acids is 1. The van der Waals surface area contributed by atoms with Crippen molar-refractivity contribution in [2.75, 3.05) is 6.61 Å². The van der Waals surface area contributed by atoms with Crippen LogP contribution in [0.25, 0.3) is 11.0 Å². The van der Waals surface area contributed by atoms with Gasteiger partial charge in [0.1, 0.15) is 23.5 Å². The molecule has 1 aromatic heterocycles. The molecule has 4 nitrogen and oxygen atoms in total. The van der Waals surface area contributed by atoms with Crippen molar-refractivity contribution in [1.29, 1.82) is 0 Å². The Kier molecular flexibility index (Phi) is 2.81. The zero-order valence-electron chi connectivity index (χ0n) is 8.90. The van der Waals surface area contributed by atoms with Crippen LogP contribution in [0.1, 0.15) is 12.7 Å². The fourth-order valence-corrected chi connectivity index (χ4v) is 1.53. The van der Waals surface area contributed by atoms with Gasteiger partial charge in [0.25, 0.3) is 0 Å². The van der Waals surface area contributed by atoms with Crippen LogP contribution in [0.5, 0.6) is 5.75 Å². The average molecular weight is 220 g/mol. The lowest BCUT2D eigenvalue weighted by Crippen LogP contribution is -2.06. The Hall–Kier alpha value is -1.97. The number of esters is 1. The Morgan fingerprint density at radius 2 is 2.25 bits per heavy atom. The highest BCUT2D eigenvalue weighted by Gasteiger charge is 2.09. The molecule has 0 saturated carbocycles. The Morgan fingerprint density at radius 3 is 3.00 bits per heavy atom. The summed E-state index contributed by atoms with van der Waals surface area (Å²) in [7, 11) is 0. The van der Waals surface area contributed by atoms with E-state index in [-0.39, 0.29) is 18.1 Å². The molecule has 1 heterocycles. The van der Waals surface area contributed by atoms with Crippen molar-refractivity contribution >= 4 is 16.9 Å². The van der Waals surface area contributed by atoms with E-state index in [2.05, 4.69) is 0 Å². The van der Waals surface area contributed by atoms with Crippen molar-refractivity contribution in [3.8, 4) is 5.75 Å². The van der Waals surface area contributed by atoms with Gasteiger partial charge in [-0.15, -0.1) is 0 Å². The number of furan rings is 1. The van der Waals surface area contributed by atoms with E-state index in [9.17, 15) is 9.90 Å². The molecule has 4 heteroatoms. The number of hydrogen-bond acceptors (Lipinski definition) is 4. The number of fused-ring (bicyclic) bond motifs is 1. The van der Waals surface area contributed by atoms with Gasteiger partial charge in [0.2, 0.25) is 0 Å². The van der Waals surface area contributed by atoms with Crippen LogP contribution in [0.4, 0.5) is 0 Å². The molecule has 0 aliphatic heterocycles. The molecule has 0 aliphatic rings. The summed E-state index contributed by atoms with van der Waals surface area (Å²) >= 11 is 0. The van der Waals surface area contributed by atoms with Gasteiger partial charge in [-0.3, -0.25) is 4.79 Å². The molecule has 2 rings (SSSR count). The molecule has 0 amide bonds. The van der Waals surface area contributed by atoms with E-state index >= 15 is 0 Å². The lowest BCUT2D eigenvalue weighted by atomic mass is 10.2. The van der Waals surface area contributed by atoms with Crippen LogP contribution in [0, 0.1) is 0 Å². The van der Waals surface area contributed by atoms with Gasteiger partial charge in [-0.1, -0.05) is 0 Å². The first-order valence-corrected chi connectivity index (χ1v) is 5.06. The van der Waals surface area contributed by atoms with Crippen LogP contribution in [0.15, 0.2) is 28.7 Å². The van der Waals surface area contributed by atoms with Gasteiger partial charge in [0.05, 0.1) is 6.61 Å². The molecule has 2 aromatic rings. The van der Waals surface area contributed by atoms with E-state index in [1.807, 2.05) is 0 Å². The number of benzene rings is 1. The van der Waals surface area contributed by atoms with Gasteiger partial charge in [-0.05, 0) is 31.2 Å². The number of rotatable bonds is 3. The minimum atomic E-state index is -0.314. The van der Waals surface area contributed by atoms with Gasteiger partial charge in [-0.2, -0.15) is 0 Å². The van der Waals surface area contributed by atoms with Gasteiger partial charge >= 0.3 is 5.97 Å². The quantitative estimate of drug-likeness (QED) is 0.806. The summed E-state index contributed by atoms with van der Waals surface area (Å²) < 4.78 is 10.2. The van der Waals surface area contributed by atoms with Crippen LogP contribution >= 0.6 is 0 Å². The molecule has 0 atom stereocenters. The number of hydrogen-bond donors (Lipinski definition) is 1. The van der Waals surface area contributed by atoms with E-state index in [0.717, 1.165) is 5.39 Å². The molecule has 84 valence electrons. The lowest BCUT2D eigenvalue weighted by Gasteiger charge is -1.97. The average Bonchev–Trinajstić information content (AvgIpc) is 2.59. The van der Waals surface area contributed by atoms with E-state index in [0.29, 0.717) is 18.0 Å². The Labute approximate surface area is 92.4 Å². The summed E-state index contributed by atoms with van der Waals surface area (Å²) in [5.41, 5.74) is 0.650. The number of carbonyl (C=O) groups is 1. The van der Waals surface area contributed by atoms with Gasteiger partial charge in [0, 0.05) is 5.39 Å². The fraction of sp³-hybridized carbons (Fsp3) is 0.250. The zero-order chi connectivity index (χ0) is 11.5. The van der Waals surface area contributed by atoms with Crippen molar-refractivity contribution < 1.29 is 19.1 Å². The maximum atomic E-state index is 11.2. The number of phenolic OH excluding ortho intramolecular Hbond substituents is 1. The summed E-state index contributed by atoms with van der Waals surface area (Å²) in [5, 5.41) is 10.0. The van der Waals surface area contributed by atoms with Crippen LogP contribution in [0.2, 0.25) is 0 Å². The summed E-state index contributed by atoms with van der Waals surface area (Å²) in [5.74, 6) is 0.404. The van der Waals surface area contributed by atoms with Crippen LogP contribution in [-0.2, 0) is 16.0 Å². The fourth-order valence-electron chi connectivity index (χ4n) is 1.53. The molecule has 0 saturated heterocycles. The van der Waals surface area contributed by atoms with E-state index in [4.69, 9.17) is 9.15 Å². The smallest absolute Gasteiger partial charge is 0.313 e. The molecule has 0 fully saturated rings. The molecule has 0 bridgehead atoms. The highest BCUT2D eigenvalue weighted by atomic mass is 16.5. The third-order valence-corrected chi connectivity index (χ3v) is 2.17.